The van der Waals surface area contributed by atoms with Crippen molar-refractivity contribution in [2.45, 2.75) is 59.3 Å². The van der Waals surface area contributed by atoms with Crippen LogP contribution in [-0.4, -0.2) is 61.1 Å². The molecule has 0 unspecified atom stereocenters. The third kappa shape index (κ3) is 8.64. The van der Waals surface area contributed by atoms with Crippen LogP contribution in [-0.2, 0) is 23.8 Å². The summed E-state index contributed by atoms with van der Waals surface area (Å²) in [6.45, 7) is 9.88. The number of carbonyl (C=O) groups is 3. The maximum atomic E-state index is 12.6. The SMILES string of the molecule is COc1ccnc(C(=O)N[C@@H](C)C(=O)O[C@@H](C)COC(C)(C)C)c1OCOC(C)=O. The normalized spacial score (nSPS) is 13.0. The zero-order chi connectivity index (χ0) is 22.9. The van der Waals surface area contributed by atoms with Crippen molar-refractivity contribution in [3.63, 3.8) is 0 Å². The van der Waals surface area contributed by atoms with E-state index in [1.807, 2.05) is 20.8 Å². The number of nitrogens with one attached hydrogen (secondary N) is 1. The van der Waals surface area contributed by atoms with Crippen molar-refractivity contribution in [1.82, 2.24) is 10.3 Å². The molecule has 0 fully saturated rings. The van der Waals surface area contributed by atoms with Gasteiger partial charge in [0, 0.05) is 19.2 Å². The number of methoxy groups -OCH3 is 1. The van der Waals surface area contributed by atoms with Gasteiger partial charge >= 0.3 is 11.9 Å². The number of nitrogens with zero attached hydrogens (tertiary/aromatic N) is 1. The molecular formula is C20H30N2O8. The third-order valence-corrected chi connectivity index (χ3v) is 3.54. The van der Waals surface area contributed by atoms with Crippen molar-refractivity contribution in [3.8, 4) is 11.5 Å². The average molecular weight is 426 g/mol. The maximum Gasteiger partial charge on any atom is 0.328 e. The molecule has 0 aromatic carbocycles. The summed E-state index contributed by atoms with van der Waals surface area (Å²) in [6, 6.07) is 0.526. The minimum Gasteiger partial charge on any atom is -0.493 e. The Kier molecular flexibility index (Phi) is 9.51. The van der Waals surface area contributed by atoms with Gasteiger partial charge in [-0.05, 0) is 34.6 Å². The summed E-state index contributed by atoms with van der Waals surface area (Å²) in [5.74, 6) is -1.67. The van der Waals surface area contributed by atoms with Crippen LogP contribution in [0.25, 0.3) is 0 Å². The molecule has 30 heavy (non-hydrogen) atoms. The van der Waals surface area contributed by atoms with Crippen LogP contribution in [0.2, 0.25) is 0 Å². The van der Waals surface area contributed by atoms with Gasteiger partial charge in [-0.15, -0.1) is 0 Å². The van der Waals surface area contributed by atoms with Gasteiger partial charge in [0.2, 0.25) is 6.79 Å². The molecule has 0 spiro atoms. The first kappa shape index (κ1) is 25.2. The lowest BCUT2D eigenvalue weighted by molar-refractivity contribution is -0.155. The Morgan fingerprint density at radius 2 is 1.87 bits per heavy atom. The minimum atomic E-state index is -0.955. The summed E-state index contributed by atoms with van der Waals surface area (Å²) < 4.78 is 26.1. The predicted octanol–water partition coefficient (Wildman–Crippen LogP) is 1.85. The Morgan fingerprint density at radius 3 is 2.43 bits per heavy atom. The predicted molar refractivity (Wildman–Crippen MR) is 106 cm³/mol. The average Bonchev–Trinajstić information content (AvgIpc) is 2.65. The van der Waals surface area contributed by atoms with E-state index in [4.69, 9.17) is 23.7 Å². The first-order valence-corrected chi connectivity index (χ1v) is 9.39. The van der Waals surface area contributed by atoms with Gasteiger partial charge in [0.15, 0.2) is 17.2 Å². The van der Waals surface area contributed by atoms with E-state index in [0.717, 1.165) is 0 Å². The van der Waals surface area contributed by atoms with Crippen molar-refractivity contribution < 1.29 is 38.1 Å². The van der Waals surface area contributed by atoms with Crippen LogP contribution in [0.5, 0.6) is 11.5 Å². The zero-order valence-corrected chi connectivity index (χ0v) is 18.4. The number of rotatable bonds is 10. The van der Waals surface area contributed by atoms with Gasteiger partial charge in [-0.3, -0.25) is 9.59 Å². The Labute approximate surface area is 176 Å². The lowest BCUT2D eigenvalue weighted by Crippen LogP contribution is -2.41. The fourth-order valence-electron chi connectivity index (χ4n) is 2.09. The molecule has 1 rings (SSSR count). The van der Waals surface area contributed by atoms with Crippen molar-refractivity contribution in [3.05, 3.63) is 18.0 Å². The van der Waals surface area contributed by atoms with E-state index >= 15 is 0 Å². The van der Waals surface area contributed by atoms with E-state index in [-0.39, 0.29) is 29.4 Å². The fourth-order valence-corrected chi connectivity index (χ4v) is 2.09. The van der Waals surface area contributed by atoms with Gasteiger partial charge < -0.3 is 29.0 Å². The smallest absolute Gasteiger partial charge is 0.328 e. The van der Waals surface area contributed by atoms with Crippen LogP contribution in [0.1, 0.15) is 52.0 Å². The maximum absolute atomic E-state index is 12.6. The second-order valence-corrected chi connectivity index (χ2v) is 7.46. The highest BCUT2D eigenvalue weighted by Crippen LogP contribution is 2.29. The number of aromatic nitrogens is 1. The summed E-state index contributed by atoms with van der Waals surface area (Å²) in [7, 11) is 1.39. The molecule has 10 heteroatoms. The van der Waals surface area contributed by atoms with Crippen LogP contribution in [0.15, 0.2) is 12.3 Å². The molecule has 0 saturated carbocycles. The van der Waals surface area contributed by atoms with Crippen LogP contribution in [0, 0.1) is 0 Å². The van der Waals surface area contributed by atoms with Gasteiger partial charge in [-0.25, -0.2) is 9.78 Å². The molecule has 0 aliphatic carbocycles. The second kappa shape index (κ2) is 11.3. The Bertz CT molecular complexity index is 745. The lowest BCUT2D eigenvalue weighted by atomic mass is 10.2. The van der Waals surface area contributed by atoms with E-state index in [9.17, 15) is 14.4 Å². The highest BCUT2D eigenvalue weighted by molar-refractivity contribution is 5.98. The Balaban J connectivity index is 2.78. The van der Waals surface area contributed by atoms with Crippen LogP contribution in [0.3, 0.4) is 0 Å². The number of esters is 2. The quantitative estimate of drug-likeness (QED) is 0.441. The summed E-state index contributed by atoms with van der Waals surface area (Å²) >= 11 is 0. The molecule has 1 amide bonds. The topological polar surface area (TPSA) is 122 Å². The van der Waals surface area contributed by atoms with Crippen LogP contribution < -0.4 is 14.8 Å². The Morgan fingerprint density at radius 1 is 1.20 bits per heavy atom. The van der Waals surface area contributed by atoms with E-state index in [0.29, 0.717) is 0 Å². The Hall–Kier alpha value is -2.88. The third-order valence-electron chi connectivity index (χ3n) is 3.54. The van der Waals surface area contributed by atoms with Crippen LogP contribution in [0.4, 0.5) is 0 Å². The van der Waals surface area contributed by atoms with Crippen LogP contribution >= 0.6 is 0 Å². The molecular weight excluding hydrogens is 396 g/mol. The molecule has 1 aromatic heterocycles. The molecule has 1 N–H and O–H groups in total. The van der Waals surface area contributed by atoms with Crippen molar-refractivity contribution >= 4 is 17.8 Å². The molecule has 1 heterocycles. The lowest BCUT2D eigenvalue weighted by Gasteiger charge is -2.23. The molecule has 0 aliphatic rings. The molecule has 168 valence electrons. The van der Waals surface area contributed by atoms with Crippen molar-refractivity contribution in [2.75, 3.05) is 20.5 Å². The highest BCUT2D eigenvalue weighted by Gasteiger charge is 2.25. The van der Waals surface area contributed by atoms with Gasteiger partial charge in [0.1, 0.15) is 12.1 Å². The first-order chi connectivity index (χ1) is 13.9. The van der Waals surface area contributed by atoms with E-state index < -0.39 is 36.8 Å². The van der Waals surface area contributed by atoms with E-state index in [1.54, 1.807) is 6.92 Å². The number of carbonyl (C=O) groups excluding carboxylic acids is 3. The molecule has 0 aliphatic heterocycles. The minimum absolute atomic E-state index is 0.0220. The molecule has 0 radical (unpaired) electrons. The van der Waals surface area contributed by atoms with Gasteiger partial charge in [0.05, 0.1) is 19.3 Å². The molecule has 1 aromatic rings. The largest absolute Gasteiger partial charge is 0.493 e. The molecule has 0 saturated heterocycles. The number of ether oxygens (including phenoxy) is 5. The molecule has 10 nitrogen and oxygen atoms in total. The monoisotopic (exact) mass is 426 g/mol. The number of hydrogen-bond donors (Lipinski definition) is 1. The zero-order valence-electron chi connectivity index (χ0n) is 18.4. The van der Waals surface area contributed by atoms with Gasteiger partial charge in [-0.2, -0.15) is 0 Å². The molecule has 0 bridgehead atoms. The van der Waals surface area contributed by atoms with Gasteiger partial charge in [-0.1, -0.05) is 0 Å². The molecule has 2 atom stereocenters. The van der Waals surface area contributed by atoms with Gasteiger partial charge in [0.25, 0.3) is 5.91 Å². The number of pyridine rings is 1. The van der Waals surface area contributed by atoms with Crippen molar-refractivity contribution in [2.24, 2.45) is 0 Å². The second-order valence-electron chi connectivity index (χ2n) is 7.46. The van der Waals surface area contributed by atoms with E-state index in [2.05, 4.69) is 10.3 Å². The summed E-state index contributed by atoms with van der Waals surface area (Å²) in [5, 5.41) is 2.50. The summed E-state index contributed by atoms with van der Waals surface area (Å²) in [5.41, 5.74) is -0.494. The number of hydrogen-bond acceptors (Lipinski definition) is 9. The van der Waals surface area contributed by atoms with E-state index in [1.165, 1.54) is 33.2 Å². The summed E-state index contributed by atoms with van der Waals surface area (Å²) in [4.78, 5) is 39.8. The fraction of sp³-hybridized carbons (Fsp3) is 0.600. The highest BCUT2D eigenvalue weighted by atomic mass is 16.7. The standard InChI is InChI=1S/C20H30N2O8/c1-12(10-29-20(4,5)6)30-19(25)13(2)22-18(24)16-17(28-11-27-14(3)23)15(26-7)8-9-21-16/h8-9,12-13H,10-11H2,1-7H3,(H,22,24)/t12-,13-/m0/s1. The number of amides is 1. The first-order valence-electron chi connectivity index (χ1n) is 9.39. The van der Waals surface area contributed by atoms with Crippen molar-refractivity contribution in [1.29, 1.82) is 0 Å². The summed E-state index contributed by atoms with van der Waals surface area (Å²) in [6.07, 6.45) is 0.857.